The summed E-state index contributed by atoms with van der Waals surface area (Å²) in [5.74, 6) is -1.71. The maximum absolute atomic E-state index is 10.3. The summed E-state index contributed by atoms with van der Waals surface area (Å²) < 4.78 is 0. The number of carboxylic acid groups (broad SMARTS) is 2. The van der Waals surface area contributed by atoms with Crippen molar-refractivity contribution in [1.82, 2.24) is 0 Å². The molecule has 6 heteroatoms. The molecule has 0 bridgehead atoms. The molecule has 0 aromatic rings. The van der Waals surface area contributed by atoms with Crippen LogP contribution in [0, 0.1) is 0 Å². The number of allylic oxidation sites excluding steroid dienone is 5. The predicted molar refractivity (Wildman–Crippen MR) is 91.5 cm³/mol. The monoisotopic (exact) mass is 338 g/mol. The molecule has 0 rings (SSSR count). The van der Waals surface area contributed by atoms with E-state index in [0.717, 1.165) is 0 Å². The molecule has 6 nitrogen and oxygen atoms in total. The zero-order valence-electron chi connectivity index (χ0n) is 13.6. The molecule has 0 aliphatic carbocycles. The third-order valence-electron chi connectivity index (χ3n) is 2.96. The van der Waals surface area contributed by atoms with Gasteiger partial charge in [-0.25, -0.2) is 0 Å². The Morgan fingerprint density at radius 2 is 1.38 bits per heavy atom. The van der Waals surface area contributed by atoms with Crippen LogP contribution in [0.2, 0.25) is 0 Å². The van der Waals surface area contributed by atoms with Crippen LogP contribution in [0.4, 0.5) is 0 Å². The van der Waals surface area contributed by atoms with Crippen molar-refractivity contribution >= 4 is 11.9 Å². The van der Waals surface area contributed by atoms with Crippen LogP contribution in [-0.2, 0) is 9.59 Å². The summed E-state index contributed by atoms with van der Waals surface area (Å²) >= 11 is 0. The molecular formula is C18H26O6. The number of carboxylic acids is 2. The number of aliphatic hydroxyl groups is 2. The van der Waals surface area contributed by atoms with Crippen LogP contribution >= 0.6 is 0 Å². The van der Waals surface area contributed by atoms with E-state index in [4.69, 9.17) is 10.2 Å². The molecule has 0 spiro atoms. The highest BCUT2D eigenvalue weighted by Crippen LogP contribution is 2.02. The van der Waals surface area contributed by atoms with E-state index >= 15 is 0 Å². The smallest absolute Gasteiger partial charge is 0.303 e. The zero-order chi connectivity index (χ0) is 18.2. The lowest BCUT2D eigenvalue weighted by molar-refractivity contribution is -0.138. The summed E-state index contributed by atoms with van der Waals surface area (Å²) in [6.07, 6.45) is 13.9. The molecule has 24 heavy (non-hydrogen) atoms. The first-order valence-electron chi connectivity index (χ1n) is 7.88. The number of aliphatic hydroxyl groups excluding tert-OH is 2. The Bertz CT molecular complexity index is 476. The molecule has 0 aliphatic rings. The van der Waals surface area contributed by atoms with Gasteiger partial charge in [0.25, 0.3) is 0 Å². The lowest BCUT2D eigenvalue weighted by Crippen LogP contribution is -2.03. The average molecular weight is 338 g/mol. The lowest BCUT2D eigenvalue weighted by Gasteiger charge is -2.02. The minimum atomic E-state index is -0.869. The quantitative estimate of drug-likeness (QED) is 0.303. The molecular weight excluding hydrogens is 312 g/mol. The molecule has 0 heterocycles. The Hall–Kier alpha value is -2.18. The summed E-state index contributed by atoms with van der Waals surface area (Å²) in [6.45, 7) is 0. The maximum Gasteiger partial charge on any atom is 0.303 e. The normalized spacial score (nSPS) is 14.9. The molecule has 134 valence electrons. The van der Waals surface area contributed by atoms with Crippen LogP contribution in [0.3, 0.4) is 0 Å². The van der Waals surface area contributed by atoms with Crippen molar-refractivity contribution in [1.29, 1.82) is 0 Å². The number of carbonyl (C=O) groups is 2. The van der Waals surface area contributed by atoms with Gasteiger partial charge in [-0.2, -0.15) is 0 Å². The third-order valence-corrected chi connectivity index (χ3v) is 2.96. The SMILES string of the molecule is O=C(O)CC/C=C\C[C@H](O)/C=C/C=C/C=C\[C@H](O)CCCC(=O)O. The standard InChI is InChI=1S/C18H26O6/c19-15(11-6-3-7-13-17(21)22)9-4-1-2-5-10-16(20)12-8-14-18(23)24/h1-6,9-10,15-16,19-20H,7-8,11-14H2,(H,21,22)(H,23,24)/b2-1+,6-3-,9-4+,10-5-/t15-,16+/m1/s1. The maximum atomic E-state index is 10.3. The van der Waals surface area contributed by atoms with Crippen molar-refractivity contribution in [3.05, 3.63) is 48.6 Å². The van der Waals surface area contributed by atoms with E-state index in [2.05, 4.69) is 0 Å². The van der Waals surface area contributed by atoms with Crippen LogP contribution in [0.25, 0.3) is 0 Å². The van der Waals surface area contributed by atoms with E-state index in [0.29, 0.717) is 25.7 Å². The summed E-state index contributed by atoms with van der Waals surface area (Å²) in [4.78, 5) is 20.6. The minimum Gasteiger partial charge on any atom is -0.481 e. The first-order chi connectivity index (χ1) is 11.4. The van der Waals surface area contributed by atoms with Crippen LogP contribution < -0.4 is 0 Å². The van der Waals surface area contributed by atoms with E-state index in [1.54, 1.807) is 48.6 Å². The van der Waals surface area contributed by atoms with E-state index in [1.165, 1.54) is 0 Å². The molecule has 0 aromatic carbocycles. The van der Waals surface area contributed by atoms with E-state index in [-0.39, 0.29) is 12.8 Å². The fraction of sp³-hybridized carbons (Fsp3) is 0.444. The first kappa shape index (κ1) is 21.8. The van der Waals surface area contributed by atoms with Gasteiger partial charge in [0.05, 0.1) is 12.2 Å². The van der Waals surface area contributed by atoms with Gasteiger partial charge >= 0.3 is 11.9 Å². The van der Waals surface area contributed by atoms with Crippen LogP contribution in [-0.4, -0.2) is 44.6 Å². The Balaban J connectivity index is 3.87. The molecule has 0 unspecified atom stereocenters. The zero-order valence-corrected chi connectivity index (χ0v) is 13.6. The van der Waals surface area contributed by atoms with E-state index < -0.39 is 24.1 Å². The number of aliphatic carboxylic acids is 2. The fourth-order valence-corrected chi connectivity index (χ4v) is 1.71. The van der Waals surface area contributed by atoms with Gasteiger partial charge in [0.1, 0.15) is 0 Å². The highest BCUT2D eigenvalue weighted by molar-refractivity contribution is 5.67. The highest BCUT2D eigenvalue weighted by Gasteiger charge is 2.01. The Kier molecular flexibility index (Phi) is 13.1. The van der Waals surface area contributed by atoms with Crippen molar-refractivity contribution < 1.29 is 30.0 Å². The highest BCUT2D eigenvalue weighted by atomic mass is 16.4. The second-order valence-electron chi connectivity index (χ2n) is 5.21. The Labute approximate surface area is 142 Å². The van der Waals surface area contributed by atoms with Gasteiger partial charge in [0.2, 0.25) is 0 Å². The van der Waals surface area contributed by atoms with Gasteiger partial charge in [-0.15, -0.1) is 0 Å². The van der Waals surface area contributed by atoms with Crippen molar-refractivity contribution in [2.75, 3.05) is 0 Å². The second kappa shape index (κ2) is 14.4. The molecule has 0 amide bonds. The van der Waals surface area contributed by atoms with E-state index in [1.807, 2.05) is 0 Å². The van der Waals surface area contributed by atoms with Crippen molar-refractivity contribution in [2.24, 2.45) is 0 Å². The Morgan fingerprint density at radius 1 is 0.792 bits per heavy atom. The van der Waals surface area contributed by atoms with E-state index in [9.17, 15) is 19.8 Å². The van der Waals surface area contributed by atoms with Crippen molar-refractivity contribution in [3.63, 3.8) is 0 Å². The van der Waals surface area contributed by atoms with Crippen LogP contribution in [0.5, 0.6) is 0 Å². The van der Waals surface area contributed by atoms with Gasteiger partial charge < -0.3 is 20.4 Å². The van der Waals surface area contributed by atoms with Gasteiger partial charge in [-0.05, 0) is 25.7 Å². The summed E-state index contributed by atoms with van der Waals surface area (Å²) in [7, 11) is 0. The number of hydrogen-bond donors (Lipinski definition) is 4. The predicted octanol–water partition coefficient (Wildman–Crippen LogP) is 2.44. The van der Waals surface area contributed by atoms with Gasteiger partial charge in [-0.1, -0.05) is 48.6 Å². The van der Waals surface area contributed by atoms with Crippen molar-refractivity contribution in [3.8, 4) is 0 Å². The average Bonchev–Trinajstić information content (AvgIpc) is 2.49. The minimum absolute atomic E-state index is 0.0477. The molecule has 2 atom stereocenters. The first-order valence-corrected chi connectivity index (χ1v) is 7.88. The van der Waals surface area contributed by atoms with Gasteiger partial charge in [0, 0.05) is 12.8 Å². The van der Waals surface area contributed by atoms with Crippen LogP contribution in [0.1, 0.15) is 38.5 Å². The van der Waals surface area contributed by atoms with Crippen LogP contribution in [0.15, 0.2) is 48.6 Å². The lowest BCUT2D eigenvalue weighted by atomic mass is 10.1. The summed E-state index contributed by atoms with van der Waals surface area (Å²) in [5.41, 5.74) is 0. The van der Waals surface area contributed by atoms with Crippen molar-refractivity contribution in [2.45, 2.75) is 50.7 Å². The van der Waals surface area contributed by atoms with Gasteiger partial charge in [0.15, 0.2) is 0 Å². The summed E-state index contributed by atoms with van der Waals surface area (Å²) in [6, 6.07) is 0. The van der Waals surface area contributed by atoms with Gasteiger partial charge in [-0.3, -0.25) is 9.59 Å². The topological polar surface area (TPSA) is 115 Å². The molecule has 0 aliphatic heterocycles. The molecule has 0 saturated carbocycles. The molecule has 0 saturated heterocycles. The number of hydrogen-bond acceptors (Lipinski definition) is 4. The third kappa shape index (κ3) is 16.2. The largest absolute Gasteiger partial charge is 0.481 e. The second-order valence-corrected chi connectivity index (χ2v) is 5.21. The molecule has 0 radical (unpaired) electrons. The molecule has 0 aromatic heterocycles. The fourth-order valence-electron chi connectivity index (χ4n) is 1.71. The summed E-state index contributed by atoms with van der Waals surface area (Å²) in [5, 5.41) is 36.2. The number of rotatable bonds is 13. The Morgan fingerprint density at radius 3 is 1.96 bits per heavy atom. The molecule has 0 fully saturated rings. The molecule has 4 N–H and O–H groups in total.